The van der Waals surface area contributed by atoms with Crippen molar-refractivity contribution in [3.63, 3.8) is 0 Å². The Labute approximate surface area is 167 Å². The molecule has 0 aromatic heterocycles. The zero-order valence-corrected chi connectivity index (χ0v) is 16.0. The van der Waals surface area contributed by atoms with Crippen LogP contribution in [0.2, 0.25) is 0 Å². The second-order valence-corrected chi connectivity index (χ2v) is 5.88. The van der Waals surface area contributed by atoms with Gasteiger partial charge in [0, 0.05) is 17.8 Å². The Bertz CT molecular complexity index is 964. The van der Waals surface area contributed by atoms with Crippen molar-refractivity contribution in [1.29, 1.82) is 0 Å². The summed E-state index contributed by atoms with van der Waals surface area (Å²) in [6.07, 6.45) is 3.03. The average molecular weight is 396 g/mol. The van der Waals surface area contributed by atoms with Gasteiger partial charge in [0.15, 0.2) is 17.3 Å². The van der Waals surface area contributed by atoms with Crippen LogP contribution < -0.4 is 14.8 Å². The molecule has 0 unspecified atom stereocenters. The topological polar surface area (TPSA) is 108 Å². The lowest BCUT2D eigenvalue weighted by Gasteiger charge is -2.11. The first-order valence-corrected chi connectivity index (χ1v) is 8.56. The molecule has 1 amide bonds. The maximum atomic E-state index is 12.5. The largest absolute Gasteiger partial charge is 0.493 e. The summed E-state index contributed by atoms with van der Waals surface area (Å²) in [6.45, 7) is 5.17. The molecule has 0 aliphatic carbocycles. The molecule has 0 saturated heterocycles. The first-order valence-electron chi connectivity index (χ1n) is 8.56. The molecule has 0 saturated carbocycles. The summed E-state index contributed by atoms with van der Waals surface area (Å²) in [5.41, 5.74) is 0.719. The van der Waals surface area contributed by atoms with Gasteiger partial charge < -0.3 is 14.8 Å². The maximum absolute atomic E-state index is 12.5. The van der Waals surface area contributed by atoms with Crippen molar-refractivity contribution in [3.8, 4) is 11.5 Å². The zero-order valence-electron chi connectivity index (χ0n) is 16.0. The van der Waals surface area contributed by atoms with Crippen LogP contribution in [0.15, 0.2) is 60.7 Å². The standard InChI is InChI=1S/C21H20N2O6/c1-4-11-29-19-10-5-15(13-20(19)28-3)12-18(14(2)24)21(25)22-16-6-8-17(9-7-16)23(26)27/h4-10,12-13H,1,11H2,2-3H3,(H,22,25)/b18-12+. The van der Waals surface area contributed by atoms with Crippen molar-refractivity contribution in [3.05, 3.63) is 76.4 Å². The minimum absolute atomic E-state index is 0.0786. The first-order chi connectivity index (χ1) is 13.8. The molecule has 2 aromatic carbocycles. The molecule has 1 N–H and O–H groups in total. The van der Waals surface area contributed by atoms with Crippen LogP contribution in [0.25, 0.3) is 6.08 Å². The monoisotopic (exact) mass is 396 g/mol. The Kier molecular flexibility index (Phi) is 7.25. The first kappa shape index (κ1) is 21.4. The summed E-state index contributed by atoms with van der Waals surface area (Å²) >= 11 is 0. The predicted octanol–water partition coefficient (Wildman–Crippen LogP) is 3.78. The van der Waals surface area contributed by atoms with E-state index in [1.807, 2.05) is 0 Å². The van der Waals surface area contributed by atoms with Gasteiger partial charge in [-0.1, -0.05) is 18.7 Å². The number of non-ortho nitro benzene ring substituents is 1. The second kappa shape index (κ2) is 9.84. The SMILES string of the molecule is C=CCOc1ccc(/C=C(\C(C)=O)C(=O)Nc2ccc([N+](=O)[O-])cc2)cc1OC. The van der Waals surface area contributed by atoms with Crippen LogP contribution in [0.5, 0.6) is 11.5 Å². The van der Waals surface area contributed by atoms with E-state index in [-0.39, 0.29) is 11.3 Å². The van der Waals surface area contributed by atoms with E-state index in [2.05, 4.69) is 11.9 Å². The molecule has 0 heterocycles. The van der Waals surface area contributed by atoms with Crippen LogP contribution in [-0.2, 0) is 9.59 Å². The van der Waals surface area contributed by atoms with Gasteiger partial charge in [-0.15, -0.1) is 0 Å². The molecule has 0 radical (unpaired) electrons. The number of nitro benzene ring substituents is 1. The third-order valence-corrected chi connectivity index (χ3v) is 3.82. The van der Waals surface area contributed by atoms with Gasteiger partial charge in [-0.2, -0.15) is 0 Å². The van der Waals surface area contributed by atoms with E-state index in [9.17, 15) is 19.7 Å². The summed E-state index contributed by atoms with van der Waals surface area (Å²) < 4.78 is 10.8. The van der Waals surface area contributed by atoms with E-state index < -0.39 is 16.6 Å². The fraction of sp³-hybridized carbons (Fsp3) is 0.143. The van der Waals surface area contributed by atoms with E-state index in [1.165, 1.54) is 44.4 Å². The summed E-state index contributed by atoms with van der Waals surface area (Å²) in [5.74, 6) is -0.115. The Morgan fingerprint density at radius 1 is 1.17 bits per heavy atom. The molecule has 2 aromatic rings. The molecule has 0 fully saturated rings. The number of Topliss-reactive ketones (excluding diaryl/α,β-unsaturated/α-hetero) is 1. The molecule has 29 heavy (non-hydrogen) atoms. The molecule has 2 rings (SSSR count). The predicted molar refractivity (Wildman–Crippen MR) is 109 cm³/mol. The number of hydrogen-bond donors (Lipinski definition) is 1. The minimum Gasteiger partial charge on any atom is -0.493 e. The fourth-order valence-electron chi connectivity index (χ4n) is 2.40. The second-order valence-electron chi connectivity index (χ2n) is 5.88. The number of carbonyl (C=O) groups is 2. The van der Waals surface area contributed by atoms with Crippen molar-refractivity contribution in [2.45, 2.75) is 6.92 Å². The lowest BCUT2D eigenvalue weighted by atomic mass is 10.1. The van der Waals surface area contributed by atoms with E-state index in [1.54, 1.807) is 24.3 Å². The lowest BCUT2D eigenvalue weighted by Crippen LogP contribution is -2.18. The number of methoxy groups -OCH3 is 1. The van der Waals surface area contributed by atoms with E-state index >= 15 is 0 Å². The highest BCUT2D eigenvalue weighted by Crippen LogP contribution is 2.29. The Morgan fingerprint density at radius 3 is 2.41 bits per heavy atom. The highest BCUT2D eigenvalue weighted by Gasteiger charge is 2.16. The van der Waals surface area contributed by atoms with Gasteiger partial charge >= 0.3 is 0 Å². The van der Waals surface area contributed by atoms with Gasteiger partial charge in [-0.3, -0.25) is 19.7 Å². The molecular formula is C21H20N2O6. The fourth-order valence-corrected chi connectivity index (χ4v) is 2.40. The smallest absolute Gasteiger partial charge is 0.269 e. The summed E-state index contributed by atoms with van der Waals surface area (Å²) in [7, 11) is 1.48. The molecular weight excluding hydrogens is 376 g/mol. The number of ketones is 1. The normalized spacial score (nSPS) is 10.8. The maximum Gasteiger partial charge on any atom is 0.269 e. The molecule has 8 nitrogen and oxygen atoms in total. The van der Waals surface area contributed by atoms with E-state index in [4.69, 9.17) is 9.47 Å². The van der Waals surface area contributed by atoms with E-state index in [0.717, 1.165) is 0 Å². The van der Waals surface area contributed by atoms with Gasteiger partial charge in [-0.25, -0.2) is 0 Å². The zero-order chi connectivity index (χ0) is 21.4. The molecule has 8 heteroatoms. The Hall–Kier alpha value is -3.94. The van der Waals surface area contributed by atoms with Gasteiger partial charge in [0.05, 0.1) is 17.6 Å². The highest BCUT2D eigenvalue weighted by atomic mass is 16.6. The van der Waals surface area contributed by atoms with Crippen molar-refractivity contribution < 1.29 is 24.0 Å². The minimum atomic E-state index is -0.627. The van der Waals surface area contributed by atoms with Crippen molar-refractivity contribution in [2.24, 2.45) is 0 Å². The number of hydrogen-bond acceptors (Lipinski definition) is 6. The third kappa shape index (κ3) is 5.77. The number of nitro groups is 1. The van der Waals surface area contributed by atoms with Gasteiger partial charge in [0.25, 0.3) is 11.6 Å². The lowest BCUT2D eigenvalue weighted by molar-refractivity contribution is -0.384. The number of amides is 1. The molecule has 0 spiro atoms. The summed E-state index contributed by atoms with van der Waals surface area (Å²) in [6, 6.07) is 10.3. The third-order valence-electron chi connectivity index (χ3n) is 3.82. The van der Waals surface area contributed by atoms with Gasteiger partial charge in [0.2, 0.25) is 0 Å². The molecule has 0 aliphatic rings. The number of carbonyl (C=O) groups excluding carboxylic acids is 2. The average Bonchev–Trinajstić information content (AvgIpc) is 2.70. The van der Waals surface area contributed by atoms with E-state index in [0.29, 0.717) is 29.4 Å². The van der Waals surface area contributed by atoms with Crippen LogP contribution in [0, 0.1) is 10.1 Å². The molecule has 150 valence electrons. The number of nitrogens with one attached hydrogen (secondary N) is 1. The highest BCUT2D eigenvalue weighted by molar-refractivity contribution is 6.25. The number of nitrogens with zero attached hydrogens (tertiary/aromatic N) is 1. The molecule has 0 bridgehead atoms. The van der Waals surface area contributed by atoms with Crippen LogP contribution >= 0.6 is 0 Å². The van der Waals surface area contributed by atoms with Crippen molar-refractivity contribution in [2.75, 3.05) is 19.0 Å². The van der Waals surface area contributed by atoms with Gasteiger partial charge in [0.1, 0.15) is 6.61 Å². The quantitative estimate of drug-likeness (QED) is 0.173. The van der Waals surface area contributed by atoms with Crippen LogP contribution in [0.1, 0.15) is 12.5 Å². The van der Waals surface area contributed by atoms with Crippen LogP contribution in [-0.4, -0.2) is 30.3 Å². The van der Waals surface area contributed by atoms with Crippen molar-refractivity contribution in [1.82, 2.24) is 0 Å². The number of benzene rings is 2. The number of ether oxygens (including phenoxy) is 2. The Morgan fingerprint density at radius 2 is 1.86 bits per heavy atom. The van der Waals surface area contributed by atoms with Crippen LogP contribution in [0.3, 0.4) is 0 Å². The molecule has 0 atom stereocenters. The summed E-state index contributed by atoms with van der Waals surface area (Å²) in [5, 5.41) is 13.3. The molecule has 0 aliphatic heterocycles. The number of rotatable bonds is 9. The van der Waals surface area contributed by atoms with Gasteiger partial charge in [-0.05, 0) is 42.8 Å². The summed E-state index contributed by atoms with van der Waals surface area (Å²) in [4.78, 5) is 34.7. The Balaban J connectivity index is 2.26. The number of anilines is 1. The van der Waals surface area contributed by atoms with Crippen LogP contribution in [0.4, 0.5) is 11.4 Å². The van der Waals surface area contributed by atoms with Crippen molar-refractivity contribution >= 4 is 29.1 Å².